The minimum absolute atomic E-state index is 0.890. The van der Waals surface area contributed by atoms with Gasteiger partial charge in [0.1, 0.15) is 5.75 Å². The highest BCUT2D eigenvalue weighted by Gasteiger charge is 2.18. The highest BCUT2D eigenvalue weighted by atomic mass is 32.2. The molecular formula is C14H13NOS. The van der Waals surface area contributed by atoms with Gasteiger partial charge in [-0.3, -0.25) is 0 Å². The van der Waals surface area contributed by atoms with Crippen molar-refractivity contribution in [2.45, 2.75) is 16.7 Å². The van der Waals surface area contributed by atoms with Crippen LogP contribution >= 0.6 is 11.8 Å². The van der Waals surface area contributed by atoms with E-state index in [4.69, 9.17) is 4.74 Å². The monoisotopic (exact) mass is 243 g/mol. The average molecular weight is 243 g/mol. The molecule has 86 valence electrons. The molecule has 0 unspecified atom stereocenters. The fourth-order valence-electron chi connectivity index (χ4n) is 1.96. The van der Waals surface area contributed by atoms with Crippen LogP contribution in [0.1, 0.15) is 5.56 Å². The van der Waals surface area contributed by atoms with Crippen molar-refractivity contribution >= 4 is 23.1 Å². The molecule has 0 atom stereocenters. The second-order valence-corrected chi connectivity index (χ2v) is 5.14. The molecule has 2 nitrogen and oxygen atoms in total. The Kier molecular flexibility index (Phi) is 2.48. The number of hydrogen-bond acceptors (Lipinski definition) is 3. The van der Waals surface area contributed by atoms with Crippen LogP contribution in [0, 0.1) is 6.92 Å². The lowest BCUT2D eigenvalue weighted by Crippen LogP contribution is -2.02. The number of para-hydroxylation sites is 1. The zero-order valence-corrected chi connectivity index (χ0v) is 10.6. The van der Waals surface area contributed by atoms with E-state index in [0.717, 1.165) is 17.1 Å². The van der Waals surface area contributed by atoms with E-state index in [1.807, 2.05) is 12.1 Å². The fraction of sp³-hybridized carbons (Fsp3) is 0.143. The zero-order valence-electron chi connectivity index (χ0n) is 9.78. The molecule has 1 heterocycles. The molecule has 3 heteroatoms. The Balaban J connectivity index is 2.10. The molecule has 0 fully saturated rings. The smallest absolute Gasteiger partial charge is 0.143 e. The van der Waals surface area contributed by atoms with Crippen LogP contribution in [-0.4, -0.2) is 7.11 Å². The van der Waals surface area contributed by atoms with Crippen molar-refractivity contribution in [1.82, 2.24) is 0 Å². The Morgan fingerprint density at radius 3 is 2.82 bits per heavy atom. The summed E-state index contributed by atoms with van der Waals surface area (Å²) < 4.78 is 5.38. The molecule has 2 aromatic rings. The molecule has 0 radical (unpaired) electrons. The minimum Gasteiger partial charge on any atom is -0.495 e. The molecule has 0 aliphatic carbocycles. The van der Waals surface area contributed by atoms with Crippen molar-refractivity contribution in [2.24, 2.45) is 0 Å². The van der Waals surface area contributed by atoms with E-state index in [0.29, 0.717) is 0 Å². The molecule has 1 N–H and O–H groups in total. The molecule has 2 aromatic carbocycles. The number of aryl methyl sites for hydroxylation is 1. The molecule has 1 aliphatic heterocycles. The van der Waals surface area contributed by atoms with E-state index in [2.05, 4.69) is 36.5 Å². The van der Waals surface area contributed by atoms with Crippen molar-refractivity contribution < 1.29 is 4.74 Å². The summed E-state index contributed by atoms with van der Waals surface area (Å²) in [5.74, 6) is 0.890. The number of ether oxygens (including phenoxy) is 1. The Morgan fingerprint density at radius 1 is 1.12 bits per heavy atom. The first-order valence-electron chi connectivity index (χ1n) is 5.50. The number of fused-ring (bicyclic) bond motifs is 2. The SMILES string of the molecule is COc1cccc2c1Nc1ccc(C)cc1S2. The molecule has 0 saturated carbocycles. The van der Waals surface area contributed by atoms with Gasteiger partial charge in [-0.1, -0.05) is 23.9 Å². The van der Waals surface area contributed by atoms with Gasteiger partial charge in [-0.2, -0.15) is 0 Å². The van der Waals surface area contributed by atoms with Crippen molar-refractivity contribution in [3.63, 3.8) is 0 Å². The molecule has 0 spiro atoms. The summed E-state index contributed by atoms with van der Waals surface area (Å²) in [6.07, 6.45) is 0. The third-order valence-electron chi connectivity index (χ3n) is 2.82. The van der Waals surface area contributed by atoms with Crippen molar-refractivity contribution in [1.29, 1.82) is 0 Å². The maximum atomic E-state index is 5.38. The van der Waals surface area contributed by atoms with E-state index in [1.165, 1.54) is 15.4 Å². The van der Waals surface area contributed by atoms with Gasteiger partial charge in [-0.15, -0.1) is 0 Å². The summed E-state index contributed by atoms with van der Waals surface area (Å²) in [4.78, 5) is 2.48. The molecule has 1 aliphatic rings. The van der Waals surface area contributed by atoms with Crippen LogP contribution in [-0.2, 0) is 0 Å². The van der Waals surface area contributed by atoms with E-state index < -0.39 is 0 Å². The fourth-order valence-corrected chi connectivity index (χ4v) is 3.07. The number of benzene rings is 2. The van der Waals surface area contributed by atoms with Crippen LogP contribution in [0.5, 0.6) is 5.75 Å². The largest absolute Gasteiger partial charge is 0.495 e. The summed E-state index contributed by atoms with van der Waals surface area (Å²) in [6.45, 7) is 2.11. The number of anilines is 2. The Hall–Kier alpha value is -1.61. The van der Waals surface area contributed by atoms with E-state index in [1.54, 1.807) is 18.9 Å². The van der Waals surface area contributed by atoms with Gasteiger partial charge in [-0.25, -0.2) is 0 Å². The van der Waals surface area contributed by atoms with E-state index >= 15 is 0 Å². The Labute approximate surface area is 105 Å². The Bertz CT molecular complexity index is 580. The maximum Gasteiger partial charge on any atom is 0.143 e. The zero-order chi connectivity index (χ0) is 11.8. The quantitative estimate of drug-likeness (QED) is 0.691. The van der Waals surface area contributed by atoms with Crippen LogP contribution in [0.15, 0.2) is 46.2 Å². The summed E-state index contributed by atoms with van der Waals surface area (Å²) >= 11 is 1.78. The van der Waals surface area contributed by atoms with Crippen LogP contribution < -0.4 is 10.1 Å². The van der Waals surface area contributed by atoms with Gasteiger partial charge >= 0.3 is 0 Å². The summed E-state index contributed by atoms with van der Waals surface area (Å²) in [5.41, 5.74) is 3.50. The average Bonchev–Trinajstić information content (AvgIpc) is 2.35. The van der Waals surface area contributed by atoms with Gasteiger partial charge in [0.15, 0.2) is 0 Å². The highest BCUT2D eigenvalue weighted by Crippen LogP contribution is 2.47. The standard InChI is InChI=1S/C14H13NOS/c1-9-6-7-10-13(8-9)17-12-5-3-4-11(16-2)14(12)15-10/h3-8,15H,1-2H3. The summed E-state index contributed by atoms with van der Waals surface area (Å²) in [5, 5.41) is 3.44. The predicted molar refractivity (Wildman–Crippen MR) is 71.6 cm³/mol. The van der Waals surface area contributed by atoms with Crippen molar-refractivity contribution in [3.8, 4) is 5.75 Å². The molecule has 17 heavy (non-hydrogen) atoms. The van der Waals surface area contributed by atoms with Gasteiger partial charge in [0, 0.05) is 9.79 Å². The van der Waals surface area contributed by atoms with Gasteiger partial charge in [0.25, 0.3) is 0 Å². The first-order chi connectivity index (χ1) is 8.28. The van der Waals surface area contributed by atoms with Crippen molar-refractivity contribution in [2.75, 3.05) is 12.4 Å². The molecule has 3 rings (SSSR count). The molecule has 0 amide bonds. The van der Waals surface area contributed by atoms with Gasteiger partial charge in [0.05, 0.1) is 18.5 Å². The summed E-state index contributed by atoms with van der Waals surface area (Å²) in [6, 6.07) is 12.6. The van der Waals surface area contributed by atoms with E-state index in [9.17, 15) is 0 Å². The molecule has 0 aromatic heterocycles. The topological polar surface area (TPSA) is 21.3 Å². The third kappa shape index (κ3) is 1.76. The second-order valence-electron chi connectivity index (χ2n) is 4.06. The molecular weight excluding hydrogens is 230 g/mol. The lowest BCUT2D eigenvalue weighted by Gasteiger charge is -2.22. The Morgan fingerprint density at radius 2 is 2.00 bits per heavy atom. The minimum atomic E-state index is 0.890. The van der Waals surface area contributed by atoms with Crippen LogP contribution in [0.3, 0.4) is 0 Å². The van der Waals surface area contributed by atoms with Gasteiger partial charge in [0.2, 0.25) is 0 Å². The predicted octanol–water partition coefficient (Wildman–Crippen LogP) is 4.21. The lowest BCUT2D eigenvalue weighted by atomic mass is 10.2. The first-order valence-corrected chi connectivity index (χ1v) is 6.32. The number of hydrogen-bond donors (Lipinski definition) is 1. The van der Waals surface area contributed by atoms with Crippen molar-refractivity contribution in [3.05, 3.63) is 42.0 Å². The van der Waals surface area contributed by atoms with Gasteiger partial charge in [-0.05, 0) is 36.8 Å². The number of nitrogens with one attached hydrogen (secondary N) is 1. The summed E-state index contributed by atoms with van der Waals surface area (Å²) in [7, 11) is 1.70. The maximum absolute atomic E-state index is 5.38. The first kappa shape index (κ1) is 10.5. The molecule has 0 saturated heterocycles. The number of methoxy groups -OCH3 is 1. The van der Waals surface area contributed by atoms with Crippen LogP contribution in [0.2, 0.25) is 0 Å². The highest BCUT2D eigenvalue weighted by molar-refractivity contribution is 7.99. The lowest BCUT2D eigenvalue weighted by molar-refractivity contribution is 0.416. The normalized spacial score (nSPS) is 12.4. The molecule has 0 bridgehead atoms. The van der Waals surface area contributed by atoms with Crippen LogP contribution in [0.4, 0.5) is 11.4 Å². The van der Waals surface area contributed by atoms with Gasteiger partial charge < -0.3 is 10.1 Å². The second kappa shape index (κ2) is 4.00. The van der Waals surface area contributed by atoms with Crippen LogP contribution in [0.25, 0.3) is 0 Å². The third-order valence-corrected chi connectivity index (χ3v) is 3.94. The van der Waals surface area contributed by atoms with E-state index in [-0.39, 0.29) is 0 Å². The number of rotatable bonds is 1.